The van der Waals surface area contributed by atoms with E-state index in [0.717, 1.165) is 6.08 Å². The predicted molar refractivity (Wildman–Crippen MR) is 82.0 cm³/mol. The largest absolute Gasteiger partial charge is 0.463 e. The molecule has 1 heterocycles. The van der Waals surface area contributed by atoms with Gasteiger partial charge in [0.2, 0.25) is 5.76 Å². The van der Waals surface area contributed by atoms with Crippen LogP contribution in [-0.2, 0) is 20.9 Å². The summed E-state index contributed by atoms with van der Waals surface area (Å²) in [5.74, 6) is -0.987. The molecule has 8 heteroatoms. The maximum Gasteiger partial charge on any atom is 0.373 e. The highest BCUT2D eigenvalue weighted by Crippen LogP contribution is 2.14. The van der Waals surface area contributed by atoms with Crippen LogP contribution in [-0.4, -0.2) is 24.0 Å². The second kappa shape index (κ2) is 7.73. The van der Waals surface area contributed by atoms with Crippen LogP contribution in [0, 0.1) is 10.1 Å². The second-order valence-electron chi connectivity index (χ2n) is 4.55. The first-order chi connectivity index (χ1) is 11.5. The van der Waals surface area contributed by atoms with Gasteiger partial charge in [0.15, 0.2) is 0 Å². The molecule has 0 amide bonds. The summed E-state index contributed by atoms with van der Waals surface area (Å²) in [7, 11) is 1.23. The lowest BCUT2D eigenvalue weighted by molar-refractivity contribution is -0.384. The minimum atomic E-state index is -0.655. The van der Waals surface area contributed by atoms with Crippen molar-refractivity contribution in [3.8, 4) is 0 Å². The molecule has 0 fully saturated rings. The molecule has 0 atom stereocenters. The van der Waals surface area contributed by atoms with Crippen LogP contribution >= 0.6 is 0 Å². The van der Waals surface area contributed by atoms with Crippen LogP contribution < -0.4 is 0 Å². The van der Waals surface area contributed by atoms with Crippen molar-refractivity contribution in [3.05, 3.63) is 69.7 Å². The molecule has 0 aliphatic carbocycles. The smallest absolute Gasteiger partial charge is 0.373 e. The average Bonchev–Trinajstić information content (AvgIpc) is 3.06. The van der Waals surface area contributed by atoms with Gasteiger partial charge in [0.1, 0.15) is 12.4 Å². The predicted octanol–water partition coefficient (Wildman–Crippen LogP) is 2.73. The van der Waals surface area contributed by atoms with Gasteiger partial charge in [-0.25, -0.2) is 9.59 Å². The van der Waals surface area contributed by atoms with Gasteiger partial charge in [-0.15, -0.1) is 0 Å². The number of nitro benzene ring substituents is 1. The SMILES string of the molecule is COC(=O)c1ccc(COC(=O)/C=C/c2cccc([N+](=O)[O-])c2)o1. The Balaban J connectivity index is 1.91. The van der Waals surface area contributed by atoms with Crippen LogP contribution in [0.3, 0.4) is 0 Å². The number of esters is 2. The molecule has 0 aliphatic heterocycles. The molecule has 2 rings (SSSR count). The number of rotatable bonds is 6. The fourth-order valence-electron chi connectivity index (χ4n) is 1.76. The van der Waals surface area contributed by atoms with E-state index in [0.29, 0.717) is 5.56 Å². The number of ether oxygens (including phenoxy) is 2. The third-order valence-electron chi connectivity index (χ3n) is 2.90. The average molecular weight is 331 g/mol. The summed E-state index contributed by atoms with van der Waals surface area (Å²) in [5, 5.41) is 10.7. The highest BCUT2D eigenvalue weighted by Gasteiger charge is 2.11. The Morgan fingerprint density at radius 1 is 1.29 bits per heavy atom. The standard InChI is InChI=1S/C16H13NO7/c1-22-16(19)14-7-6-13(24-14)10-23-15(18)8-5-11-3-2-4-12(9-11)17(20)21/h2-9H,10H2,1H3/b8-5+. The molecule has 1 aromatic carbocycles. The van der Waals surface area contributed by atoms with E-state index in [9.17, 15) is 19.7 Å². The molecule has 0 bridgehead atoms. The zero-order valence-electron chi connectivity index (χ0n) is 12.6. The number of furan rings is 1. The zero-order chi connectivity index (χ0) is 17.5. The van der Waals surface area contributed by atoms with Crippen molar-refractivity contribution < 1.29 is 28.4 Å². The molecule has 0 aliphatic rings. The van der Waals surface area contributed by atoms with Crippen LogP contribution in [0.2, 0.25) is 0 Å². The first-order valence-electron chi connectivity index (χ1n) is 6.76. The lowest BCUT2D eigenvalue weighted by Crippen LogP contribution is -2.01. The summed E-state index contributed by atoms with van der Waals surface area (Å²) in [6, 6.07) is 8.72. The van der Waals surface area contributed by atoms with Gasteiger partial charge in [0.05, 0.1) is 12.0 Å². The Labute approximate surface area is 136 Å². The summed E-state index contributed by atoms with van der Waals surface area (Å²) in [4.78, 5) is 33.0. The molecular weight excluding hydrogens is 318 g/mol. The van der Waals surface area contributed by atoms with E-state index in [4.69, 9.17) is 9.15 Å². The number of non-ortho nitro benzene ring substituents is 1. The van der Waals surface area contributed by atoms with E-state index >= 15 is 0 Å². The topological polar surface area (TPSA) is 109 Å². The van der Waals surface area contributed by atoms with E-state index in [-0.39, 0.29) is 23.8 Å². The van der Waals surface area contributed by atoms with E-state index in [1.807, 2.05) is 0 Å². The minimum Gasteiger partial charge on any atom is -0.463 e. The number of nitro groups is 1. The summed E-state index contributed by atoms with van der Waals surface area (Å²) in [6.07, 6.45) is 2.54. The number of methoxy groups -OCH3 is 1. The number of carbonyl (C=O) groups excluding carboxylic acids is 2. The highest BCUT2D eigenvalue weighted by molar-refractivity contribution is 5.87. The number of hydrogen-bond donors (Lipinski definition) is 0. The van der Waals surface area contributed by atoms with Crippen LogP contribution in [0.25, 0.3) is 6.08 Å². The summed E-state index contributed by atoms with van der Waals surface area (Å²) < 4.78 is 14.6. The number of hydrogen-bond acceptors (Lipinski definition) is 7. The van der Waals surface area contributed by atoms with Gasteiger partial charge in [-0.2, -0.15) is 0 Å². The van der Waals surface area contributed by atoms with E-state index in [2.05, 4.69) is 4.74 Å². The fraction of sp³-hybridized carbons (Fsp3) is 0.125. The number of nitrogens with zero attached hydrogens (tertiary/aromatic N) is 1. The molecular formula is C16H13NO7. The van der Waals surface area contributed by atoms with E-state index in [1.54, 1.807) is 6.07 Å². The van der Waals surface area contributed by atoms with Gasteiger partial charge in [-0.3, -0.25) is 10.1 Å². The van der Waals surface area contributed by atoms with Crippen molar-refractivity contribution in [1.29, 1.82) is 0 Å². The Hall–Kier alpha value is -3.42. The van der Waals surface area contributed by atoms with Gasteiger partial charge >= 0.3 is 11.9 Å². The third-order valence-corrected chi connectivity index (χ3v) is 2.90. The molecule has 0 unspecified atom stereocenters. The summed E-state index contributed by atoms with van der Waals surface area (Å²) >= 11 is 0. The van der Waals surface area contributed by atoms with Crippen LogP contribution in [0.4, 0.5) is 5.69 Å². The van der Waals surface area contributed by atoms with Crippen molar-refractivity contribution in [2.45, 2.75) is 6.61 Å². The first-order valence-corrected chi connectivity index (χ1v) is 6.76. The van der Waals surface area contributed by atoms with Crippen molar-refractivity contribution in [1.82, 2.24) is 0 Å². The normalized spacial score (nSPS) is 10.5. The van der Waals surface area contributed by atoms with Crippen molar-refractivity contribution in [2.24, 2.45) is 0 Å². The minimum absolute atomic E-state index is 0.00989. The maximum atomic E-state index is 11.6. The lowest BCUT2D eigenvalue weighted by atomic mass is 10.2. The molecule has 8 nitrogen and oxygen atoms in total. The lowest BCUT2D eigenvalue weighted by Gasteiger charge is -1.99. The molecule has 0 spiro atoms. The van der Waals surface area contributed by atoms with Crippen LogP contribution in [0.1, 0.15) is 21.9 Å². The third kappa shape index (κ3) is 4.54. The monoisotopic (exact) mass is 331 g/mol. The number of carbonyl (C=O) groups is 2. The molecule has 1 aromatic heterocycles. The zero-order valence-corrected chi connectivity index (χ0v) is 12.6. The Kier molecular flexibility index (Phi) is 5.45. The molecule has 24 heavy (non-hydrogen) atoms. The summed E-state index contributed by atoms with van der Waals surface area (Å²) in [6.45, 7) is -0.158. The number of benzene rings is 1. The van der Waals surface area contributed by atoms with Gasteiger partial charge in [-0.1, -0.05) is 12.1 Å². The van der Waals surface area contributed by atoms with Crippen molar-refractivity contribution >= 4 is 23.7 Å². The highest BCUT2D eigenvalue weighted by atomic mass is 16.6. The molecule has 124 valence electrons. The Morgan fingerprint density at radius 2 is 2.08 bits per heavy atom. The van der Waals surface area contributed by atoms with Crippen LogP contribution in [0.15, 0.2) is 46.9 Å². The quantitative estimate of drug-likeness (QED) is 0.346. The van der Waals surface area contributed by atoms with Gasteiger partial charge < -0.3 is 13.9 Å². The molecule has 0 saturated heterocycles. The van der Waals surface area contributed by atoms with E-state index in [1.165, 1.54) is 43.5 Å². The maximum absolute atomic E-state index is 11.6. The van der Waals surface area contributed by atoms with Crippen LogP contribution in [0.5, 0.6) is 0 Å². The molecule has 0 saturated carbocycles. The second-order valence-corrected chi connectivity index (χ2v) is 4.55. The molecule has 0 N–H and O–H groups in total. The van der Waals surface area contributed by atoms with Gasteiger partial charge in [0.25, 0.3) is 5.69 Å². The van der Waals surface area contributed by atoms with Crippen molar-refractivity contribution in [2.75, 3.05) is 7.11 Å². The van der Waals surface area contributed by atoms with Gasteiger partial charge in [-0.05, 0) is 23.8 Å². The first kappa shape index (κ1) is 16.9. The Morgan fingerprint density at radius 3 is 2.79 bits per heavy atom. The molecule has 0 radical (unpaired) electrons. The van der Waals surface area contributed by atoms with Crippen molar-refractivity contribution in [3.63, 3.8) is 0 Å². The van der Waals surface area contributed by atoms with Gasteiger partial charge in [0, 0.05) is 18.2 Å². The Bertz CT molecular complexity index is 791. The fourth-order valence-corrected chi connectivity index (χ4v) is 1.76. The summed E-state index contributed by atoms with van der Waals surface area (Å²) in [5.41, 5.74) is 0.420. The van der Waals surface area contributed by atoms with E-state index < -0.39 is 16.9 Å². The molecule has 2 aromatic rings.